The molecule has 1 amide bonds. The second-order valence-corrected chi connectivity index (χ2v) is 6.02. The normalized spacial score (nSPS) is 16.5. The molecular formula is C19H19NO3. The van der Waals surface area contributed by atoms with E-state index in [2.05, 4.69) is 5.32 Å². The average molecular weight is 309 g/mol. The van der Waals surface area contributed by atoms with Crippen molar-refractivity contribution in [1.82, 2.24) is 0 Å². The van der Waals surface area contributed by atoms with E-state index in [1.807, 2.05) is 45.0 Å². The number of carbonyl (C=O) groups is 2. The van der Waals surface area contributed by atoms with Crippen LogP contribution in [0, 0.1) is 20.8 Å². The van der Waals surface area contributed by atoms with Gasteiger partial charge in [0.2, 0.25) is 0 Å². The van der Waals surface area contributed by atoms with E-state index in [0.717, 1.165) is 27.9 Å². The van der Waals surface area contributed by atoms with Crippen molar-refractivity contribution < 1.29 is 14.3 Å². The molecule has 23 heavy (non-hydrogen) atoms. The number of carbonyl (C=O) groups excluding carboxylic acids is 2. The number of cyclic esters (lactones) is 1. The second kappa shape index (κ2) is 5.88. The van der Waals surface area contributed by atoms with Gasteiger partial charge >= 0.3 is 5.97 Å². The van der Waals surface area contributed by atoms with Gasteiger partial charge in [0.25, 0.3) is 5.91 Å². The second-order valence-electron chi connectivity index (χ2n) is 6.02. The van der Waals surface area contributed by atoms with Gasteiger partial charge in [-0.05, 0) is 43.5 Å². The minimum atomic E-state index is -0.794. The SMILES string of the molecule is Cc1cc(C)c(NC(=O)[C@H]2Cc3ccccc3C(=O)O2)c(C)c1. The largest absolute Gasteiger partial charge is 0.448 e. The molecule has 1 aliphatic rings. The Bertz CT molecular complexity index is 772. The van der Waals surface area contributed by atoms with Crippen molar-refractivity contribution in [2.45, 2.75) is 33.3 Å². The first-order chi connectivity index (χ1) is 11.0. The summed E-state index contributed by atoms with van der Waals surface area (Å²) in [4.78, 5) is 24.6. The van der Waals surface area contributed by atoms with Gasteiger partial charge in [0.1, 0.15) is 0 Å². The third-order valence-corrected chi connectivity index (χ3v) is 4.11. The van der Waals surface area contributed by atoms with Crippen molar-refractivity contribution in [2.75, 3.05) is 5.32 Å². The number of esters is 1. The van der Waals surface area contributed by atoms with E-state index >= 15 is 0 Å². The summed E-state index contributed by atoms with van der Waals surface area (Å²) in [7, 11) is 0. The summed E-state index contributed by atoms with van der Waals surface area (Å²) >= 11 is 0. The lowest BCUT2D eigenvalue weighted by Gasteiger charge is -2.24. The standard InChI is InChI=1S/C19H19NO3/c1-11-8-12(2)17(13(3)9-11)20-18(21)16-10-14-6-4-5-7-15(14)19(22)23-16/h4-9,16H,10H2,1-3H3,(H,20,21)/t16-/m1/s1. The number of aryl methyl sites for hydroxylation is 3. The zero-order valence-electron chi connectivity index (χ0n) is 13.5. The van der Waals surface area contributed by atoms with Crippen LogP contribution in [0.2, 0.25) is 0 Å². The van der Waals surface area contributed by atoms with Crippen molar-refractivity contribution in [3.8, 4) is 0 Å². The summed E-state index contributed by atoms with van der Waals surface area (Å²) in [5.41, 5.74) is 5.32. The summed E-state index contributed by atoms with van der Waals surface area (Å²) in [5, 5.41) is 2.91. The summed E-state index contributed by atoms with van der Waals surface area (Å²) in [6.07, 6.45) is -0.393. The summed E-state index contributed by atoms with van der Waals surface area (Å²) < 4.78 is 5.30. The van der Waals surface area contributed by atoms with E-state index in [-0.39, 0.29) is 5.91 Å². The van der Waals surface area contributed by atoms with Crippen LogP contribution >= 0.6 is 0 Å². The zero-order chi connectivity index (χ0) is 16.6. The molecule has 0 spiro atoms. The Hall–Kier alpha value is -2.62. The summed E-state index contributed by atoms with van der Waals surface area (Å²) in [6, 6.07) is 11.3. The van der Waals surface area contributed by atoms with Gasteiger partial charge in [0.05, 0.1) is 5.56 Å². The molecule has 3 rings (SSSR count). The van der Waals surface area contributed by atoms with Gasteiger partial charge in [-0.2, -0.15) is 0 Å². The molecular weight excluding hydrogens is 290 g/mol. The van der Waals surface area contributed by atoms with Crippen molar-refractivity contribution in [3.63, 3.8) is 0 Å². The third-order valence-electron chi connectivity index (χ3n) is 4.11. The average Bonchev–Trinajstić information content (AvgIpc) is 2.50. The number of hydrogen-bond acceptors (Lipinski definition) is 3. The Kier molecular flexibility index (Phi) is 3.90. The zero-order valence-corrected chi connectivity index (χ0v) is 13.5. The van der Waals surface area contributed by atoms with Crippen LogP contribution < -0.4 is 5.32 Å². The van der Waals surface area contributed by atoms with Gasteiger partial charge in [-0.3, -0.25) is 4.79 Å². The molecule has 0 saturated heterocycles. The predicted octanol–water partition coefficient (Wildman–Crippen LogP) is 3.33. The maximum Gasteiger partial charge on any atom is 0.339 e. The number of hydrogen-bond donors (Lipinski definition) is 1. The maximum atomic E-state index is 12.5. The molecule has 2 aromatic rings. The monoisotopic (exact) mass is 309 g/mol. The molecule has 4 nitrogen and oxygen atoms in total. The molecule has 1 atom stereocenters. The van der Waals surface area contributed by atoms with Crippen LogP contribution in [0.3, 0.4) is 0 Å². The number of rotatable bonds is 2. The highest BCUT2D eigenvalue weighted by Gasteiger charge is 2.31. The molecule has 2 aromatic carbocycles. The van der Waals surface area contributed by atoms with Crippen LogP contribution in [-0.2, 0) is 16.0 Å². The summed E-state index contributed by atoms with van der Waals surface area (Å²) in [6.45, 7) is 5.93. The fraction of sp³-hybridized carbons (Fsp3) is 0.263. The van der Waals surface area contributed by atoms with Gasteiger partial charge < -0.3 is 10.1 Å². The molecule has 0 radical (unpaired) electrons. The summed E-state index contributed by atoms with van der Waals surface area (Å²) in [5.74, 6) is -0.729. The Balaban J connectivity index is 1.82. The van der Waals surface area contributed by atoms with Crippen LogP contribution in [0.5, 0.6) is 0 Å². The third kappa shape index (κ3) is 2.97. The highest BCUT2D eigenvalue weighted by molar-refractivity contribution is 6.00. The first-order valence-corrected chi connectivity index (χ1v) is 7.63. The van der Waals surface area contributed by atoms with Crippen molar-refractivity contribution in [3.05, 3.63) is 64.2 Å². The van der Waals surface area contributed by atoms with Gasteiger partial charge in [0, 0.05) is 12.1 Å². The van der Waals surface area contributed by atoms with Gasteiger partial charge in [-0.15, -0.1) is 0 Å². The molecule has 0 aromatic heterocycles. The van der Waals surface area contributed by atoms with Crippen LogP contribution in [0.4, 0.5) is 5.69 Å². The molecule has 4 heteroatoms. The number of nitrogens with one attached hydrogen (secondary N) is 1. The van der Waals surface area contributed by atoms with Crippen LogP contribution in [0.1, 0.15) is 32.6 Å². The molecule has 0 aliphatic carbocycles. The number of benzene rings is 2. The van der Waals surface area contributed by atoms with Crippen molar-refractivity contribution >= 4 is 17.6 Å². The molecule has 0 unspecified atom stereocenters. The first kappa shape index (κ1) is 15.3. The van der Waals surface area contributed by atoms with E-state index < -0.39 is 12.1 Å². The number of anilines is 1. The van der Waals surface area contributed by atoms with Gasteiger partial charge in [-0.25, -0.2) is 4.79 Å². The minimum Gasteiger partial charge on any atom is -0.448 e. The van der Waals surface area contributed by atoms with E-state index in [9.17, 15) is 9.59 Å². The fourth-order valence-electron chi connectivity index (χ4n) is 3.06. The van der Waals surface area contributed by atoms with Gasteiger partial charge in [0.15, 0.2) is 6.10 Å². The van der Waals surface area contributed by atoms with Crippen molar-refractivity contribution in [1.29, 1.82) is 0 Å². The van der Waals surface area contributed by atoms with Crippen molar-refractivity contribution in [2.24, 2.45) is 0 Å². The maximum absolute atomic E-state index is 12.5. The fourth-order valence-corrected chi connectivity index (χ4v) is 3.06. The molecule has 1 aliphatic heterocycles. The van der Waals surface area contributed by atoms with E-state index in [1.165, 1.54) is 0 Å². The lowest BCUT2D eigenvalue weighted by Crippen LogP contribution is -2.38. The van der Waals surface area contributed by atoms with Gasteiger partial charge in [-0.1, -0.05) is 35.9 Å². The number of fused-ring (bicyclic) bond motifs is 1. The minimum absolute atomic E-state index is 0.289. The topological polar surface area (TPSA) is 55.4 Å². The Morgan fingerprint density at radius 1 is 1.13 bits per heavy atom. The van der Waals surface area contributed by atoms with Crippen LogP contribution in [0.25, 0.3) is 0 Å². The van der Waals surface area contributed by atoms with Crippen LogP contribution in [0.15, 0.2) is 36.4 Å². The molecule has 0 bridgehead atoms. The smallest absolute Gasteiger partial charge is 0.339 e. The number of ether oxygens (including phenoxy) is 1. The molecule has 118 valence electrons. The lowest BCUT2D eigenvalue weighted by atomic mass is 9.98. The first-order valence-electron chi connectivity index (χ1n) is 7.63. The van der Waals surface area contributed by atoms with E-state index in [0.29, 0.717) is 12.0 Å². The molecule has 1 heterocycles. The van der Waals surface area contributed by atoms with E-state index in [4.69, 9.17) is 4.74 Å². The number of amides is 1. The Morgan fingerprint density at radius 3 is 2.48 bits per heavy atom. The highest BCUT2D eigenvalue weighted by Crippen LogP contribution is 2.25. The molecule has 0 fully saturated rings. The molecule has 0 saturated carbocycles. The lowest BCUT2D eigenvalue weighted by molar-refractivity contribution is -0.125. The highest BCUT2D eigenvalue weighted by atomic mass is 16.5. The predicted molar refractivity (Wildman–Crippen MR) is 88.6 cm³/mol. The van der Waals surface area contributed by atoms with E-state index in [1.54, 1.807) is 12.1 Å². The molecule has 1 N–H and O–H groups in total. The Labute approximate surface area is 135 Å². The Morgan fingerprint density at radius 2 is 1.78 bits per heavy atom. The van der Waals surface area contributed by atoms with Crippen LogP contribution in [-0.4, -0.2) is 18.0 Å². The quantitative estimate of drug-likeness (QED) is 0.866.